The van der Waals surface area contributed by atoms with Crippen molar-refractivity contribution in [2.24, 2.45) is 17.8 Å². The van der Waals surface area contributed by atoms with E-state index in [-0.39, 0.29) is 10.7 Å². The molecule has 1 aliphatic heterocycles. The minimum Gasteiger partial charge on any atom is -0.490 e. The molecule has 0 amide bonds. The Morgan fingerprint density at radius 2 is 2.00 bits per heavy atom. The summed E-state index contributed by atoms with van der Waals surface area (Å²) < 4.78 is 21.5. The fraction of sp³-hybridized carbons (Fsp3) is 0.606. The molecule has 6 atom stereocenters. The molecule has 218 valence electrons. The molecule has 2 aliphatic carbocycles. The maximum Gasteiger partial charge on any atom is 0.150 e. The number of aldehydes is 1. The Bertz CT molecular complexity index is 1220. The molecule has 0 saturated heterocycles. The Balaban J connectivity index is 1.29. The van der Waals surface area contributed by atoms with Crippen LogP contribution in [0.4, 0.5) is 5.69 Å². The summed E-state index contributed by atoms with van der Waals surface area (Å²) >= 11 is 6.40. The highest BCUT2D eigenvalue weighted by atomic mass is 35.5. The average Bonchev–Trinajstić information content (AvgIpc) is 3.10. The Morgan fingerprint density at radius 3 is 2.75 bits per heavy atom. The van der Waals surface area contributed by atoms with Crippen molar-refractivity contribution in [1.82, 2.24) is 4.72 Å². The SMILES string of the molecule is CNS(=O)C(C)C(C)CCCCC1CCC1CN1CC2(CCCc3cc(Cl)ccc32)COc2ccc(C=O)cc21. The quantitative estimate of drug-likeness (QED) is 0.226. The number of nitrogens with one attached hydrogen (secondary N) is 1. The fourth-order valence-corrected chi connectivity index (χ4v) is 8.37. The van der Waals surface area contributed by atoms with Gasteiger partial charge in [0.1, 0.15) is 12.0 Å². The Labute approximate surface area is 248 Å². The van der Waals surface area contributed by atoms with Crippen LogP contribution in [-0.2, 0) is 22.8 Å². The molecule has 2 aromatic carbocycles. The van der Waals surface area contributed by atoms with Crippen molar-refractivity contribution in [3.05, 3.63) is 58.1 Å². The van der Waals surface area contributed by atoms with Crippen LogP contribution in [0, 0.1) is 17.8 Å². The first-order valence-corrected chi connectivity index (χ1v) is 16.8. The van der Waals surface area contributed by atoms with Crippen molar-refractivity contribution in [2.45, 2.75) is 82.3 Å². The number of halogens is 1. The Morgan fingerprint density at radius 1 is 1.18 bits per heavy atom. The molecule has 1 heterocycles. The smallest absolute Gasteiger partial charge is 0.150 e. The number of nitrogens with zero attached hydrogens (tertiary/aromatic N) is 1. The zero-order chi connectivity index (χ0) is 28.3. The normalized spacial score (nSPS) is 26.1. The van der Waals surface area contributed by atoms with E-state index < -0.39 is 11.0 Å². The molecule has 5 nitrogen and oxygen atoms in total. The predicted molar refractivity (Wildman–Crippen MR) is 166 cm³/mol. The van der Waals surface area contributed by atoms with E-state index in [2.05, 4.69) is 35.6 Å². The molecule has 0 radical (unpaired) electrons. The predicted octanol–water partition coefficient (Wildman–Crippen LogP) is 7.12. The Hall–Kier alpha value is -1.89. The first kappa shape index (κ1) is 29.6. The second-order valence-electron chi connectivity index (χ2n) is 12.5. The summed E-state index contributed by atoms with van der Waals surface area (Å²) in [7, 11) is 0.820. The van der Waals surface area contributed by atoms with Gasteiger partial charge in [0.25, 0.3) is 0 Å². The van der Waals surface area contributed by atoms with Gasteiger partial charge in [0, 0.05) is 34.3 Å². The van der Waals surface area contributed by atoms with E-state index in [1.165, 1.54) is 43.2 Å². The summed E-state index contributed by atoms with van der Waals surface area (Å²) in [6, 6.07) is 12.3. The van der Waals surface area contributed by atoms with E-state index in [0.717, 1.165) is 67.4 Å². The summed E-state index contributed by atoms with van der Waals surface area (Å²) in [5.74, 6) is 2.75. The lowest BCUT2D eigenvalue weighted by atomic mass is 9.68. The van der Waals surface area contributed by atoms with Crippen LogP contribution in [0.2, 0.25) is 5.02 Å². The largest absolute Gasteiger partial charge is 0.490 e. The molecule has 1 spiro atoms. The van der Waals surface area contributed by atoms with Gasteiger partial charge < -0.3 is 9.64 Å². The third kappa shape index (κ3) is 6.29. The van der Waals surface area contributed by atoms with Crippen molar-refractivity contribution >= 4 is 34.6 Å². The first-order chi connectivity index (χ1) is 19.3. The fourth-order valence-electron chi connectivity index (χ4n) is 7.25. The lowest BCUT2D eigenvalue weighted by Crippen LogP contribution is -2.48. The molecule has 7 heteroatoms. The number of aryl methyl sites for hydroxylation is 1. The van der Waals surface area contributed by atoms with Gasteiger partial charge in [0.15, 0.2) is 0 Å². The zero-order valence-corrected chi connectivity index (χ0v) is 25.9. The summed E-state index contributed by atoms with van der Waals surface area (Å²) in [6.07, 6.45) is 11.6. The highest BCUT2D eigenvalue weighted by Crippen LogP contribution is 2.46. The van der Waals surface area contributed by atoms with Crippen LogP contribution in [0.3, 0.4) is 0 Å². The summed E-state index contributed by atoms with van der Waals surface area (Å²) in [5.41, 5.74) is 4.41. The monoisotopic (exact) mass is 584 g/mol. The number of benzene rings is 2. The molecular weight excluding hydrogens is 540 g/mol. The van der Waals surface area contributed by atoms with Crippen molar-refractivity contribution in [3.8, 4) is 5.75 Å². The summed E-state index contributed by atoms with van der Waals surface area (Å²) in [5, 5.41) is 0.980. The van der Waals surface area contributed by atoms with Crippen LogP contribution in [0.25, 0.3) is 0 Å². The lowest BCUT2D eigenvalue weighted by Gasteiger charge is -2.44. The number of unbranched alkanes of at least 4 members (excludes halogenated alkanes) is 1. The zero-order valence-electron chi connectivity index (χ0n) is 24.3. The van der Waals surface area contributed by atoms with Crippen LogP contribution in [-0.4, -0.2) is 42.5 Å². The van der Waals surface area contributed by atoms with E-state index in [4.69, 9.17) is 16.3 Å². The van der Waals surface area contributed by atoms with Gasteiger partial charge in [-0.05, 0) is 112 Å². The number of carbonyl (C=O) groups is 1. The van der Waals surface area contributed by atoms with E-state index >= 15 is 0 Å². The van der Waals surface area contributed by atoms with Crippen molar-refractivity contribution in [3.63, 3.8) is 0 Å². The van der Waals surface area contributed by atoms with Gasteiger partial charge in [-0.15, -0.1) is 0 Å². The van der Waals surface area contributed by atoms with Crippen LogP contribution >= 0.6 is 11.6 Å². The number of hydrogen-bond acceptors (Lipinski definition) is 4. The van der Waals surface area contributed by atoms with E-state index in [9.17, 15) is 9.00 Å². The Kier molecular flexibility index (Phi) is 9.59. The van der Waals surface area contributed by atoms with Gasteiger partial charge in [-0.3, -0.25) is 4.79 Å². The number of anilines is 1. The van der Waals surface area contributed by atoms with E-state index in [1.54, 1.807) is 7.05 Å². The average molecular weight is 585 g/mol. The molecule has 6 unspecified atom stereocenters. The highest BCUT2D eigenvalue weighted by molar-refractivity contribution is 7.83. The molecule has 0 bridgehead atoms. The van der Waals surface area contributed by atoms with E-state index in [1.807, 2.05) is 24.3 Å². The molecule has 1 N–H and O–H groups in total. The molecule has 5 rings (SSSR count). The molecule has 1 fully saturated rings. The third-order valence-corrected chi connectivity index (χ3v) is 11.8. The second kappa shape index (κ2) is 13.0. The van der Waals surface area contributed by atoms with Gasteiger partial charge >= 0.3 is 0 Å². The number of carbonyl (C=O) groups excluding carboxylic acids is 1. The standard InChI is InChI=1S/C33H45ClN2O3S/c1-23(24(2)40(38)35-3)7-4-5-8-26-11-12-28(26)19-36-21-33(16-6-9-27-18-29(34)13-14-30(27)33)22-39-32-15-10-25(20-37)17-31(32)36/h10,13-15,17-18,20,23-24,26,28,35H,4-9,11-12,16,19,21-22H2,1-3H3. The minimum atomic E-state index is -0.953. The maximum atomic E-state index is 12.1. The lowest BCUT2D eigenvalue weighted by molar-refractivity contribution is 0.112. The molecule has 0 aromatic heterocycles. The number of hydrogen-bond donors (Lipinski definition) is 1. The van der Waals surface area contributed by atoms with Crippen molar-refractivity contribution in [1.29, 1.82) is 0 Å². The van der Waals surface area contributed by atoms with E-state index in [0.29, 0.717) is 24.0 Å². The highest BCUT2D eigenvalue weighted by Gasteiger charge is 2.43. The van der Waals surface area contributed by atoms with Gasteiger partial charge in [-0.25, -0.2) is 8.93 Å². The molecular formula is C33H45ClN2O3S. The number of ether oxygens (including phenoxy) is 1. The van der Waals surface area contributed by atoms with Crippen LogP contribution in [0.5, 0.6) is 5.75 Å². The summed E-state index contributed by atoms with van der Waals surface area (Å²) in [6.45, 7) is 6.87. The third-order valence-electron chi connectivity index (χ3n) is 10.1. The summed E-state index contributed by atoms with van der Waals surface area (Å²) in [4.78, 5) is 14.3. The topological polar surface area (TPSA) is 58.6 Å². The van der Waals surface area contributed by atoms with Gasteiger partial charge in [-0.2, -0.15) is 0 Å². The molecule has 40 heavy (non-hydrogen) atoms. The maximum absolute atomic E-state index is 12.1. The van der Waals surface area contributed by atoms with Gasteiger partial charge in [0.05, 0.1) is 23.3 Å². The van der Waals surface area contributed by atoms with Crippen LogP contribution in [0.1, 0.15) is 86.7 Å². The van der Waals surface area contributed by atoms with Crippen LogP contribution < -0.4 is 14.4 Å². The van der Waals surface area contributed by atoms with Crippen molar-refractivity contribution in [2.75, 3.05) is 31.6 Å². The second-order valence-corrected chi connectivity index (χ2v) is 14.7. The first-order valence-electron chi connectivity index (χ1n) is 15.2. The van der Waals surface area contributed by atoms with Gasteiger partial charge in [-0.1, -0.05) is 43.9 Å². The van der Waals surface area contributed by atoms with Gasteiger partial charge in [0.2, 0.25) is 0 Å². The number of fused-ring (bicyclic) bond motifs is 3. The minimum absolute atomic E-state index is 0.0853. The molecule has 1 saturated carbocycles. The molecule has 2 aromatic rings. The molecule has 3 aliphatic rings. The number of rotatable bonds is 11. The van der Waals surface area contributed by atoms with Crippen molar-refractivity contribution < 1.29 is 13.7 Å². The van der Waals surface area contributed by atoms with Crippen LogP contribution in [0.15, 0.2) is 36.4 Å².